The lowest BCUT2D eigenvalue weighted by Crippen LogP contribution is -2.39. The molecule has 3 aromatic heterocycles. The molecule has 1 saturated heterocycles. The Morgan fingerprint density at radius 2 is 2.03 bits per heavy atom. The monoisotopic (exact) mass is 428 g/mol. The van der Waals surface area contributed by atoms with E-state index in [9.17, 15) is 4.79 Å². The number of aldehydes is 1. The predicted octanol–water partition coefficient (Wildman–Crippen LogP) is 3.59. The van der Waals surface area contributed by atoms with Gasteiger partial charge in [-0.25, -0.2) is 9.50 Å². The molecule has 8 heteroatoms. The zero-order valence-corrected chi connectivity index (χ0v) is 18.9. The molecule has 3 N–H and O–H groups in total. The Morgan fingerprint density at radius 3 is 2.60 bits per heavy atom. The van der Waals surface area contributed by atoms with E-state index in [1.165, 1.54) is 24.2 Å². The Labute approximate surface area is 182 Å². The maximum absolute atomic E-state index is 10.9. The first kappa shape index (κ1) is 22.4. The number of carbonyl (C=O) groups is 1. The smallest absolute Gasteiger partial charge is 0.162 e. The van der Waals surface area contributed by atoms with Crippen LogP contribution in [0.1, 0.15) is 49.2 Å². The van der Waals surface area contributed by atoms with Gasteiger partial charge in [-0.1, -0.05) is 13.8 Å². The molecule has 0 unspecified atom stereocenters. The lowest BCUT2D eigenvalue weighted by atomic mass is 10.1. The number of hydrogen-bond donors (Lipinski definition) is 2. The zero-order valence-electron chi connectivity index (χ0n) is 18.0. The molecule has 4 heterocycles. The van der Waals surface area contributed by atoms with Crippen LogP contribution in [0.2, 0.25) is 0 Å². The molecule has 0 spiro atoms. The molecule has 1 aliphatic rings. The first-order valence-electron chi connectivity index (χ1n) is 10.6. The normalized spacial score (nSPS) is 14.8. The highest BCUT2D eigenvalue weighted by atomic mass is 32.1. The maximum atomic E-state index is 10.9. The summed E-state index contributed by atoms with van der Waals surface area (Å²) >= 11 is 1.43. The van der Waals surface area contributed by atoms with E-state index in [0.717, 1.165) is 60.7 Å². The van der Waals surface area contributed by atoms with Crippen LogP contribution >= 0.6 is 11.3 Å². The second-order valence-corrected chi connectivity index (χ2v) is 8.56. The van der Waals surface area contributed by atoms with Gasteiger partial charge < -0.3 is 16.0 Å². The van der Waals surface area contributed by atoms with E-state index in [4.69, 9.17) is 5.73 Å². The van der Waals surface area contributed by atoms with Crippen LogP contribution in [-0.2, 0) is 0 Å². The van der Waals surface area contributed by atoms with Crippen molar-refractivity contribution in [2.45, 2.75) is 51.6 Å². The summed E-state index contributed by atoms with van der Waals surface area (Å²) in [6.07, 6.45) is 11.1. The number of nitrogens with two attached hydrogens (primary N) is 1. The quantitative estimate of drug-likeness (QED) is 0.583. The summed E-state index contributed by atoms with van der Waals surface area (Å²) in [6, 6.07) is 2.92. The molecule has 162 valence electrons. The Morgan fingerprint density at radius 1 is 1.30 bits per heavy atom. The number of fused-ring (bicyclic) bond motifs is 1. The molecule has 30 heavy (non-hydrogen) atoms. The third kappa shape index (κ3) is 5.24. The van der Waals surface area contributed by atoms with E-state index in [-0.39, 0.29) is 0 Å². The van der Waals surface area contributed by atoms with E-state index in [2.05, 4.69) is 34.1 Å². The third-order valence-corrected chi connectivity index (χ3v) is 6.55. The van der Waals surface area contributed by atoms with Gasteiger partial charge in [0.05, 0.1) is 29.2 Å². The summed E-state index contributed by atoms with van der Waals surface area (Å²) < 4.78 is 1.80. The van der Waals surface area contributed by atoms with E-state index >= 15 is 0 Å². The molecule has 0 amide bonds. The molecule has 7 nitrogen and oxygen atoms in total. The van der Waals surface area contributed by atoms with Gasteiger partial charge in [-0.15, -0.1) is 11.3 Å². The average molecular weight is 429 g/mol. The largest absolute Gasteiger partial charge is 0.369 e. The Balaban J connectivity index is 0.000000318. The van der Waals surface area contributed by atoms with Crippen LogP contribution in [0.3, 0.4) is 0 Å². The van der Waals surface area contributed by atoms with Gasteiger partial charge in [0.2, 0.25) is 0 Å². The van der Waals surface area contributed by atoms with Gasteiger partial charge in [0, 0.05) is 30.7 Å². The SMILES string of the molecule is CCC(CC)NC.NC1CCN(c2cnc3c(-c4csc(C=O)c4)cnn3c2)CC1. The lowest BCUT2D eigenvalue weighted by molar-refractivity contribution is 0.112. The van der Waals surface area contributed by atoms with E-state index in [0.29, 0.717) is 10.9 Å². The molecule has 1 fully saturated rings. The first-order valence-corrected chi connectivity index (χ1v) is 11.5. The van der Waals surface area contributed by atoms with Crippen molar-refractivity contribution in [3.63, 3.8) is 0 Å². The van der Waals surface area contributed by atoms with Crippen LogP contribution in [0.25, 0.3) is 16.8 Å². The van der Waals surface area contributed by atoms with Crippen molar-refractivity contribution >= 4 is 29.0 Å². The third-order valence-electron chi connectivity index (χ3n) is 5.69. The van der Waals surface area contributed by atoms with Crippen molar-refractivity contribution in [3.05, 3.63) is 34.9 Å². The van der Waals surface area contributed by atoms with E-state index in [1.807, 2.05) is 30.9 Å². The standard InChI is InChI=1S/C16H17N5OS.C6H15N/c17-12-1-3-20(4-2-12)13-6-18-16-15(7-19-21(16)8-13)11-5-14(9-22)23-10-11;1-4-6(5-2)7-3/h5-10,12H,1-4,17H2;6-7H,4-5H2,1-3H3. The van der Waals surface area contributed by atoms with Crippen LogP contribution in [0.15, 0.2) is 30.0 Å². The molecular formula is C22H32N6OS. The zero-order chi connectivity index (χ0) is 21.5. The Hall–Kier alpha value is -2.29. The lowest BCUT2D eigenvalue weighted by Gasteiger charge is -2.31. The number of hydrogen-bond acceptors (Lipinski definition) is 7. The van der Waals surface area contributed by atoms with Gasteiger partial charge in [0.25, 0.3) is 0 Å². The minimum absolute atomic E-state index is 0.310. The molecule has 0 atom stereocenters. The highest BCUT2D eigenvalue weighted by molar-refractivity contribution is 7.12. The summed E-state index contributed by atoms with van der Waals surface area (Å²) in [5.41, 5.74) is 9.76. The minimum Gasteiger partial charge on any atom is -0.369 e. The van der Waals surface area contributed by atoms with Crippen LogP contribution in [0, 0.1) is 0 Å². The van der Waals surface area contributed by atoms with Crippen molar-refractivity contribution in [1.29, 1.82) is 0 Å². The predicted molar refractivity (Wildman–Crippen MR) is 125 cm³/mol. The fourth-order valence-electron chi connectivity index (χ4n) is 3.64. The number of rotatable bonds is 6. The minimum atomic E-state index is 0.310. The molecule has 1 aliphatic heterocycles. The van der Waals surface area contributed by atoms with Crippen molar-refractivity contribution in [2.75, 3.05) is 25.0 Å². The van der Waals surface area contributed by atoms with Gasteiger partial charge >= 0.3 is 0 Å². The Bertz CT molecular complexity index is 935. The topological polar surface area (TPSA) is 88.5 Å². The van der Waals surface area contributed by atoms with Crippen LogP contribution in [0.5, 0.6) is 0 Å². The van der Waals surface area contributed by atoms with Crippen LogP contribution in [0.4, 0.5) is 5.69 Å². The fraction of sp³-hybridized carbons (Fsp3) is 0.500. The number of thiophene rings is 1. The summed E-state index contributed by atoms with van der Waals surface area (Å²) in [7, 11) is 2.01. The van der Waals surface area contributed by atoms with Gasteiger partial charge in [-0.2, -0.15) is 5.10 Å². The molecule has 0 aromatic carbocycles. The molecule has 0 bridgehead atoms. The first-order chi connectivity index (χ1) is 14.6. The second kappa shape index (κ2) is 10.7. The molecule has 3 aromatic rings. The van der Waals surface area contributed by atoms with Gasteiger partial charge in [0.15, 0.2) is 11.9 Å². The number of anilines is 1. The molecule has 0 radical (unpaired) electrons. The second-order valence-electron chi connectivity index (χ2n) is 7.62. The van der Waals surface area contributed by atoms with Crippen molar-refractivity contribution < 1.29 is 4.79 Å². The van der Waals surface area contributed by atoms with E-state index in [1.54, 1.807) is 10.7 Å². The van der Waals surface area contributed by atoms with E-state index < -0.39 is 0 Å². The van der Waals surface area contributed by atoms with Crippen LogP contribution < -0.4 is 16.0 Å². The number of aromatic nitrogens is 3. The number of carbonyl (C=O) groups excluding carboxylic acids is 1. The average Bonchev–Trinajstić information content (AvgIpc) is 3.42. The number of nitrogens with one attached hydrogen (secondary N) is 1. The highest BCUT2D eigenvalue weighted by Crippen LogP contribution is 2.28. The molecular weight excluding hydrogens is 396 g/mol. The van der Waals surface area contributed by atoms with Gasteiger partial charge in [-0.3, -0.25) is 4.79 Å². The number of nitrogens with zero attached hydrogens (tertiary/aromatic N) is 4. The van der Waals surface area contributed by atoms with Crippen molar-refractivity contribution in [1.82, 2.24) is 19.9 Å². The molecule has 0 saturated carbocycles. The fourth-order valence-corrected chi connectivity index (χ4v) is 4.35. The van der Waals surface area contributed by atoms with Crippen LogP contribution in [-0.4, -0.2) is 53.1 Å². The summed E-state index contributed by atoms with van der Waals surface area (Å²) in [6.45, 7) is 6.31. The van der Waals surface area contributed by atoms with Crippen molar-refractivity contribution in [2.24, 2.45) is 5.73 Å². The maximum Gasteiger partial charge on any atom is 0.162 e. The summed E-state index contributed by atoms with van der Waals surface area (Å²) in [5.74, 6) is 0. The molecule has 4 rings (SSSR count). The van der Waals surface area contributed by atoms with Gasteiger partial charge in [0.1, 0.15) is 0 Å². The van der Waals surface area contributed by atoms with Crippen molar-refractivity contribution in [3.8, 4) is 11.1 Å². The summed E-state index contributed by atoms with van der Waals surface area (Å²) in [4.78, 5) is 18.5. The Kier molecular flexibility index (Phi) is 7.95. The summed E-state index contributed by atoms with van der Waals surface area (Å²) in [5, 5.41) is 9.58. The number of piperidine rings is 1. The highest BCUT2D eigenvalue weighted by Gasteiger charge is 2.18. The molecule has 0 aliphatic carbocycles. The van der Waals surface area contributed by atoms with Gasteiger partial charge in [-0.05, 0) is 49.7 Å².